The molecule has 2 aromatic rings. The van der Waals surface area contributed by atoms with Gasteiger partial charge in [0.1, 0.15) is 6.61 Å². The number of ether oxygens (including phenoxy) is 1. The first-order chi connectivity index (χ1) is 10.2. The number of benzene rings is 2. The van der Waals surface area contributed by atoms with E-state index in [1.807, 2.05) is 48.5 Å². The van der Waals surface area contributed by atoms with Crippen LogP contribution in [0.25, 0.3) is 0 Å². The molecule has 3 rings (SSSR count). The van der Waals surface area contributed by atoms with Gasteiger partial charge in [-0.1, -0.05) is 64.5 Å². The first-order valence-corrected chi connectivity index (χ1v) is 7.82. The highest BCUT2D eigenvalue weighted by molar-refractivity contribution is 9.08. The number of carbonyl (C=O) groups excluding carboxylic acids is 1. The number of carbonyl (C=O) groups is 1. The van der Waals surface area contributed by atoms with E-state index in [2.05, 4.69) is 15.9 Å². The van der Waals surface area contributed by atoms with E-state index in [0.717, 1.165) is 27.6 Å². The van der Waals surface area contributed by atoms with E-state index in [1.54, 1.807) is 0 Å². The van der Waals surface area contributed by atoms with E-state index in [0.29, 0.717) is 13.0 Å². The van der Waals surface area contributed by atoms with E-state index in [-0.39, 0.29) is 12.6 Å². The molecule has 3 nitrogen and oxygen atoms in total. The molecule has 0 saturated heterocycles. The maximum Gasteiger partial charge on any atom is 0.310 e. The van der Waals surface area contributed by atoms with Crippen molar-refractivity contribution in [2.24, 2.45) is 0 Å². The standard InChI is InChI=1S/C9H8O2.C8H9BrO/c10-9-5-7-3-1-2-4-8(7)6-11-9;9-5-7-3-1-2-4-8(7)6-10/h1-4H,5-6H2;1-4,10H,5-6H2. The molecule has 0 atom stereocenters. The number of cyclic esters (lactones) is 1. The third-order valence-corrected chi connectivity index (χ3v) is 3.88. The number of fused-ring (bicyclic) bond motifs is 1. The van der Waals surface area contributed by atoms with Gasteiger partial charge in [0.25, 0.3) is 0 Å². The van der Waals surface area contributed by atoms with Crippen LogP contribution in [0.5, 0.6) is 0 Å². The van der Waals surface area contributed by atoms with Gasteiger partial charge < -0.3 is 9.84 Å². The summed E-state index contributed by atoms with van der Waals surface area (Å²) in [6.45, 7) is 0.566. The molecule has 110 valence electrons. The Kier molecular flexibility index (Phi) is 5.96. The van der Waals surface area contributed by atoms with Gasteiger partial charge in [-0.25, -0.2) is 0 Å². The van der Waals surface area contributed by atoms with Crippen molar-refractivity contribution in [1.29, 1.82) is 0 Å². The smallest absolute Gasteiger partial charge is 0.310 e. The fraction of sp³-hybridized carbons (Fsp3) is 0.235. The molecule has 0 fully saturated rings. The van der Waals surface area contributed by atoms with Crippen molar-refractivity contribution in [3.8, 4) is 0 Å². The fourth-order valence-electron chi connectivity index (χ4n) is 2.08. The number of halogens is 1. The highest BCUT2D eigenvalue weighted by Gasteiger charge is 2.14. The van der Waals surface area contributed by atoms with Crippen LogP contribution >= 0.6 is 15.9 Å². The summed E-state index contributed by atoms with van der Waals surface area (Å²) in [6.07, 6.45) is 0.427. The number of hydrogen-bond donors (Lipinski definition) is 1. The highest BCUT2D eigenvalue weighted by Crippen LogP contribution is 2.16. The van der Waals surface area contributed by atoms with Crippen LogP contribution in [-0.2, 0) is 34.5 Å². The Morgan fingerprint density at radius 3 is 2.24 bits per heavy atom. The second-order valence-electron chi connectivity index (χ2n) is 4.67. The highest BCUT2D eigenvalue weighted by atomic mass is 79.9. The topological polar surface area (TPSA) is 46.5 Å². The minimum Gasteiger partial charge on any atom is -0.461 e. The van der Waals surface area contributed by atoms with Crippen molar-refractivity contribution in [2.75, 3.05) is 0 Å². The Bertz CT molecular complexity index is 587. The predicted molar refractivity (Wildman–Crippen MR) is 84.9 cm³/mol. The molecule has 0 aromatic heterocycles. The Hall–Kier alpha value is -1.65. The fourth-order valence-corrected chi connectivity index (χ4v) is 2.62. The zero-order valence-electron chi connectivity index (χ0n) is 11.6. The predicted octanol–water partition coefficient (Wildman–Crippen LogP) is 3.36. The zero-order valence-corrected chi connectivity index (χ0v) is 13.2. The third-order valence-electron chi connectivity index (χ3n) is 3.27. The molecule has 0 radical (unpaired) electrons. The van der Waals surface area contributed by atoms with Crippen LogP contribution in [-0.4, -0.2) is 11.1 Å². The minimum absolute atomic E-state index is 0.122. The van der Waals surface area contributed by atoms with E-state index in [9.17, 15) is 4.79 Å². The van der Waals surface area contributed by atoms with Gasteiger partial charge in [-0.2, -0.15) is 0 Å². The Balaban J connectivity index is 0.000000155. The lowest BCUT2D eigenvalue weighted by molar-refractivity contribution is -0.145. The van der Waals surface area contributed by atoms with Crippen molar-refractivity contribution in [3.63, 3.8) is 0 Å². The molecule has 1 aliphatic heterocycles. The maximum absolute atomic E-state index is 10.8. The Morgan fingerprint density at radius 1 is 1.00 bits per heavy atom. The molecule has 1 N–H and O–H groups in total. The number of aliphatic hydroxyl groups excluding tert-OH is 1. The van der Waals surface area contributed by atoms with Crippen LogP contribution in [0, 0.1) is 0 Å². The second kappa shape index (κ2) is 7.96. The van der Waals surface area contributed by atoms with E-state index < -0.39 is 0 Å². The Labute approximate surface area is 132 Å². The summed E-state index contributed by atoms with van der Waals surface area (Å²) in [5, 5.41) is 9.64. The van der Waals surface area contributed by atoms with Crippen LogP contribution in [0.1, 0.15) is 22.3 Å². The molecule has 0 spiro atoms. The van der Waals surface area contributed by atoms with Gasteiger partial charge in [0.15, 0.2) is 0 Å². The lowest BCUT2D eigenvalue weighted by atomic mass is 10.0. The Morgan fingerprint density at radius 2 is 1.62 bits per heavy atom. The summed E-state index contributed by atoms with van der Waals surface area (Å²) in [5.74, 6) is -0.122. The first-order valence-electron chi connectivity index (χ1n) is 6.70. The van der Waals surface area contributed by atoms with E-state index in [4.69, 9.17) is 9.84 Å². The molecule has 0 saturated carbocycles. The minimum atomic E-state index is -0.122. The lowest BCUT2D eigenvalue weighted by Gasteiger charge is -2.14. The third kappa shape index (κ3) is 4.41. The quantitative estimate of drug-likeness (QED) is 0.668. The van der Waals surface area contributed by atoms with Gasteiger partial charge in [-0.3, -0.25) is 4.79 Å². The van der Waals surface area contributed by atoms with Gasteiger partial charge in [-0.05, 0) is 22.3 Å². The average molecular weight is 349 g/mol. The van der Waals surface area contributed by atoms with Gasteiger partial charge in [-0.15, -0.1) is 0 Å². The van der Waals surface area contributed by atoms with Gasteiger partial charge in [0.05, 0.1) is 13.0 Å². The summed E-state index contributed by atoms with van der Waals surface area (Å²) < 4.78 is 4.87. The van der Waals surface area contributed by atoms with Gasteiger partial charge in [0.2, 0.25) is 0 Å². The average Bonchev–Trinajstić information content (AvgIpc) is 2.55. The zero-order chi connectivity index (χ0) is 15.1. The molecule has 21 heavy (non-hydrogen) atoms. The largest absolute Gasteiger partial charge is 0.461 e. The van der Waals surface area contributed by atoms with Crippen LogP contribution in [0.15, 0.2) is 48.5 Å². The lowest BCUT2D eigenvalue weighted by Crippen LogP contribution is -2.15. The van der Waals surface area contributed by atoms with Crippen molar-refractivity contribution in [3.05, 3.63) is 70.8 Å². The second-order valence-corrected chi connectivity index (χ2v) is 5.23. The maximum atomic E-state index is 10.8. The molecular formula is C17H17BrO3. The number of hydrogen-bond acceptors (Lipinski definition) is 3. The number of esters is 1. The number of aliphatic hydroxyl groups is 1. The summed E-state index contributed by atoms with van der Waals surface area (Å²) in [6, 6.07) is 15.7. The number of alkyl halides is 1. The van der Waals surface area contributed by atoms with Crippen molar-refractivity contribution in [2.45, 2.75) is 25.0 Å². The molecule has 0 aliphatic carbocycles. The molecule has 2 aromatic carbocycles. The normalized spacial score (nSPS) is 12.8. The molecule has 4 heteroatoms. The molecule has 1 aliphatic rings. The first kappa shape index (κ1) is 15.7. The molecule has 0 unspecified atom stereocenters. The molecular weight excluding hydrogens is 332 g/mol. The molecule has 0 bridgehead atoms. The van der Waals surface area contributed by atoms with Crippen LogP contribution in [0.3, 0.4) is 0 Å². The summed E-state index contributed by atoms with van der Waals surface area (Å²) in [7, 11) is 0. The molecule has 0 amide bonds. The van der Waals surface area contributed by atoms with Gasteiger partial charge >= 0.3 is 5.97 Å². The summed E-state index contributed by atoms with van der Waals surface area (Å²) in [4.78, 5) is 10.8. The van der Waals surface area contributed by atoms with Crippen molar-refractivity contribution >= 4 is 21.9 Å². The van der Waals surface area contributed by atoms with Gasteiger partial charge in [0, 0.05) is 5.33 Å². The SMILES string of the molecule is O=C1Cc2ccccc2CO1.OCc1ccccc1CBr. The summed E-state index contributed by atoms with van der Waals surface area (Å²) in [5.41, 5.74) is 4.39. The van der Waals surface area contributed by atoms with E-state index >= 15 is 0 Å². The van der Waals surface area contributed by atoms with Crippen molar-refractivity contribution in [1.82, 2.24) is 0 Å². The molecule has 1 heterocycles. The van der Waals surface area contributed by atoms with Crippen molar-refractivity contribution < 1.29 is 14.6 Å². The van der Waals surface area contributed by atoms with E-state index in [1.165, 1.54) is 0 Å². The monoisotopic (exact) mass is 348 g/mol. The van der Waals surface area contributed by atoms with Crippen LogP contribution in [0.4, 0.5) is 0 Å². The van der Waals surface area contributed by atoms with Crippen LogP contribution < -0.4 is 0 Å². The summed E-state index contributed by atoms with van der Waals surface area (Å²) >= 11 is 3.34. The number of rotatable bonds is 2. The van der Waals surface area contributed by atoms with Crippen LogP contribution in [0.2, 0.25) is 0 Å².